The lowest BCUT2D eigenvalue weighted by molar-refractivity contribution is -0.121. The van der Waals surface area contributed by atoms with E-state index in [1.54, 1.807) is 0 Å². The molecular weight excluding hydrogens is 250 g/mol. The molecule has 7 heteroatoms. The molecule has 0 unspecified atom stereocenters. The maximum Gasteiger partial charge on any atom is 0.358 e. The van der Waals surface area contributed by atoms with Gasteiger partial charge in [0.1, 0.15) is 0 Å². The average molecular weight is 267 g/mol. The molecule has 0 saturated heterocycles. The van der Waals surface area contributed by atoms with Gasteiger partial charge in [0.05, 0.1) is 6.54 Å². The van der Waals surface area contributed by atoms with E-state index in [1.165, 1.54) is 6.07 Å². The first kappa shape index (κ1) is 13.5. The molecule has 1 heterocycles. The van der Waals surface area contributed by atoms with Gasteiger partial charge in [0.2, 0.25) is 5.91 Å². The van der Waals surface area contributed by atoms with Crippen molar-refractivity contribution >= 4 is 11.9 Å². The number of nitrogens with one attached hydrogen (secondary N) is 2. The fourth-order valence-electron chi connectivity index (χ4n) is 1.61. The number of carboxylic acid groups (broad SMARTS) is 1. The van der Waals surface area contributed by atoms with Gasteiger partial charge in [0.25, 0.3) is 0 Å². The van der Waals surface area contributed by atoms with Gasteiger partial charge in [0.15, 0.2) is 11.5 Å². The highest BCUT2D eigenvalue weighted by Crippen LogP contribution is 2.18. The first-order valence-corrected chi connectivity index (χ1v) is 6.34. The molecule has 0 radical (unpaired) electrons. The molecule has 1 aliphatic carbocycles. The number of carboxylic acids is 1. The third-order valence-corrected chi connectivity index (χ3v) is 2.78. The van der Waals surface area contributed by atoms with Crippen molar-refractivity contribution in [2.75, 3.05) is 6.54 Å². The lowest BCUT2D eigenvalue weighted by atomic mass is 10.3. The molecule has 0 aliphatic heterocycles. The van der Waals surface area contributed by atoms with Crippen LogP contribution in [0.5, 0.6) is 0 Å². The maximum atomic E-state index is 11.4. The second-order valence-corrected chi connectivity index (χ2v) is 4.61. The summed E-state index contributed by atoms with van der Waals surface area (Å²) < 4.78 is 4.84. The Balaban J connectivity index is 1.55. The molecule has 1 aromatic rings. The van der Waals surface area contributed by atoms with Gasteiger partial charge in [-0.3, -0.25) is 4.79 Å². The zero-order valence-corrected chi connectivity index (χ0v) is 10.5. The monoisotopic (exact) mass is 267 g/mol. The smallest absolute Gasteiger partial charge is 0.358 e. The summed E-state index contributed by atoms with van der Waals surface area (Å²) in [5, 5.41) is 18.1. The summed E-state index contributed by atoms with van der Waals surface area (Å²) >= 11 is 0. The van der Waals surface area contributed by atoms with E-state index >= 15 is 0 Å². The van der Waals surface area contributed by atoms with Gasteiger partial charge in [-0.15, -0.1) is 0 Å². The quantitative estimate of drug-likeness (QED) is 0.593. The fourth-order valence-corrected chi connectivity index (χ4v) is 1.61. The average Bonchev–Trinajstić information content (AvgIpc) is 3.04. The third kappa shape index (κ3) is 4.70. The van der Waals surface area contributed by atoms with E-state index in [0.29, 0.717) is 31.3 Å². The summed E-state index contributed by atoms with van der Waals surface area (Å²) in [4.78, 5) is 21.9. The molecule has 1 saturated carbocycles. The standard InChI is InChI=1S/C12H17N3O4/c16-11(14-8-3-4-8)2-1-5-13-7-9-6-10(12(17)18)15-19-9/h6,8,13H,1-5,7H2,(H,14,16)(H,17,18). The van der Waals surface area contributed by atoms with Crippen molar-refractivity contribution in [2.24, 2.45) is 0 Å². The molecule has 0 aromatic carbocycles. The highest BCUT2D eigenvalue weighted by molar-refractivity contribution is 5.85. The van der Waals surface area contributed by atoms with Crippen molar-refractivity contribution < 1.29 is 19.2 Å². The number of nitrogens with zero attached hydrogens (tertiary/aromatic N) is 1. The number of rotatable bonds is 8. The molecule has 1 fully saturated rings. The molecule has 104 valence electrons. The first-order chi connectivity index (χ1) is 9.15. The van der Waals surface area contributed by atoms with Crippen molar-refractivity contribution in [2.45, 2.75) is 38.3 Å². The summed E-state index contributed by atoms with van der Waals surface area (Å²) in [6.07, 6.45) is 3.43. The van der Waals surface area contributed by atoms with Gasteiger partial charge in [-0.2, -0.15) is 0 Å². The van der Waals surface area contributed by atoms with Gasteiger partial charge in [-0.25, -0.2) is 4.79 Å². The predicted molar refractivity (Wildman–Crippen MR) is 65.6 cm³/mol. The second-order valence-electron chi connectivity index (χ2n) is 4.61. The Labute approximate surface area is 110 Å². The van der Waals surface area contributed by atoms with Crippen molar-refractivity contribution in [3.8, 4) is 0 Å². The minimum Gasteiger partial charge on any atom is -0.476 e. The molecule has 2 rings (SSSR count). The van der Waals surface area contributed by atoms with E-state index in [9.17, 15) is 9.59 Å². The van der Waals surface area contributed by atoms with E-state index in [4.69, 9.17) is 9.63 Å². The number of amides is 1. The lowest BCUT2D eigenvalue weighted by Crippen LogP contribution is -2.26. The van der Waals surface area contributed by atoms with Crippen molar-refractivity contribution in [3.63, 3.8) is 0 Å². The maximum absolute atomic E-state index is 11.4. The summed E-state index contributed by atoms with van der Waals surface area (Å²) in [5.41, 5.74) is -0.0967. The van der Waals surface area contributed by atoms with E-state index in [1.807, 2.05) is 0 Å². The first-order valence-electron chi connectivity index (χ1n) is 6.34. The van der Waals surface area contributed by atoms with Crippen LogP contribution in [0, 0.1) is 0 Å². The molecule has 3 N–H and O–H groups in total. The Bertz CT molecular complexity index is 454. The summed E-state index contributed by atoms with van der Waals surface area (Å²) in [6, 6.07) is 1.79. The molecule has 1 aliphatic rings. The minimum absolute atomic E-state index is 0.0946. The van der Waals surface area contributed by atoms with Gasteiger partial charge >= 0.3 is 5.97 Å². The predicted octanol–water partition coefficient (Wildman–Crippen LogP) is 0.521. The van der Waals surface area contributed by atoms with Crippen LogP contribution in [0.4, 0.5) is 0 Å². The van der Waals surface area contributed by atoms with Crippen LogP contribution in [0.3, 0.4) is 0 Å². The molecule has 0 spiro atoms. The van der Waals surface area contributed by atoms with Gasteiger partial charge in [-0.1, -0.05) is 5.16 Å². The van der Waals surface area contributed by atoms with Crippen molar-refractivity contribution in [1.82, 2.24) is 15.8 Å². The van der Waals surface area contributed by atoms with Crippen LogP contribution in [-0.4, -0.2) is 34.7 Å². The Morgan fingerprint density at radius 2 is 2.26 bits per heavy atom. The van der Waals surface area contributed by atoms with Gasteiger partial charge in [-0.05, 0) is 25.8 Å². The SMILES string of the molecule is O=C(CCCNCc1cc(C(=O)O)no1)NC1CC1. The number of aromatic nitrogens is 1. The zero-order valence-electron chi connectivity index (χ0n) is 10.5. The van der Waals surface area contributed by atoms with Crippen LogP contribution in [0.15, 0.2) is 10.6 Å². The third-order valence-electron chi connectivity index (χ3n) is 2.78. The molecule has 0 bridgehead atoms. The number of hydrogen-bond donors (Lipinski definition) is 3. The summed E-state index contributed by atoms with van der Waals surface area (Å²) in [5.74, 6) is -0.538. The highest BCUT2D eigenvalue weighted by atomic mass is 16.5. The van der Waals surface area contributed by atoms with Crippen LogP contribution < -0.4 is 10.6 Å². The van der Waals surface area contributed by atoms with E-state index in [-0.39, 0.29) is 11.6 Å². The molecule has 1 amide bonds. The highest BCUT2D eigenvalue weighted by Gasteiger charge is 2.22. The molecule has 7 nitrogen and oxygen atoms in total. The van der Waals surface area contributed by atoms with Crippen LogP contribution >= 0.6 is 0 Å². The Morgan fingerprint density at radius 1 is 1.47 bits per heavy atom. The molecule has 19 heavy (non-hydrogen) atoms. The van der Waals surface area contributed by atoms with Gasteiger partial charge in [0, 0.05) is 18.5 Å². The normalized spacial score (nSPS) is 14.3. The number of aromatic carboxylic acids is 1. The second kappa shape index (κ2) is 6.33. The Morgan fingerprint density at radius 3 is 2.89 bits per heavy atom. The van der Waals surface area contributed by atoms with Crippen molar-refractivity contribution in [1.29, 1.82) is 0 Å². The minimum atomic E-state index is -1.10. The van der Waals surface area contributed by atoms with Gasteiger partial charge < -0.3 is 20.3 Å². The van der Waals surface area contributed by atoms with Crippen LogP contribution in [0.2, 0.25) is 0 Å². The van der Waals surface area contributed by atoms with Crippen LogP contribution in [0.25, 0.3) is 0 Å². The van der Waals surface area contributed by atoms with Crippen molar-refractivity contribution in [3.05, 3.63) is 17.5 Å². The number of hydrogen-bond acceptors (Lipinski definition) is 5. The topological polar surface area (TPSA) is 104 Å². The largest absolute Gasteiger partial charge is 0.476 e. The Hall–Kier alpha value is -1.89. The number of carbonyl (C=O) groups excluding carboxylic acids is 1. The summed E-state index contributed by atoms with van der Waals surface area (Å²) in [6.45, 7) is 1.08. The van der Waals surface area contributed by atoms with E-state index in [2.05, 4.69) is 15.8 Å². The molecular formula is C12H17N3O4. The number of carbonyl (C=O) groups is 2. The fraction of sp³-hybridized carbons (Fsp3) is 0.583. The van der Waals surface area contributed by atoms with Crippen LogP contribution in [-0.2, 0) is 11.3 Å². The van der Waals surface area contributed by atoms with E-state index < -0.39 is 5.97 Å². The molecule has 0 atom stereocenters. The summed E-state index contributed by atoms with van der Waals surface area (Å²) in [7, 11) is 0. The van der Waals surface area contributed by atoms with Crippen LogP contribution in [0.1, 0.15) is 41.9 Å². The Kier molecular flexibility index (Phi) is 4.51. The van der Waals surface area contributed by atoms with E-state index in [0.717, 1.165) is 19.3 Å². The molecule has 1 aromatic heterocycles. The zero-order chi connectivity index (χ0) is 13.7. The lowest BCUT2D eigenvalue weighted by Gasteiger charge is -2.03.